The predicted molar refractivity (Wildman–Crippen MR) is 64.9 cm³/mol. The molecule has 6 nitrogen and oxygen atoms in total. The van der Waals surface area contributed by atoms with Gasteiger partial charge in [-0.15, -0.1) is 0 Å². The summed E-state index contributed by atoms with van der Waals surface area (Å²) < 4.78 is 0. The van der Waals surface area contributed by atoms with Crippen LogP contribution in [0.25, 0.3) is 0 Å². The fourth-order valence-electron chi connectivity index (χ4n) is 1.68. The zero-order chi connectivity index (χ0) is 13.3. The number of nitrogens with zero attached hydrogens (tertiary/aromatic N) is 1. The number of nitrogens with two attached hydrogens (primary N) is 1. The Balaban J connectivity index is 2.25. The molecule has 18 heavy (non-hydrogen) atoms. The van der Waals surface area contributed by atoms with Crippen LogP contribution in [0.2, 0.25) is 5.02 Å². The highest BCUT2D eigenvalue weighted by molar-refractivity contribution is 6.31. The van der Waals surface area contributed by atoms with E-state index in [0.29, 0.717) is 5.02 Å². The molecule has 0 aliphatic carbocycles. The summed E-state index contributed by atoms with van der Waals surface area (Å²) in [7, 11) is 0. The number of piperazine rings is 1. The van der Waals surface area contributed by atoms with E-state index in [4.69, 9.17) is 17.3 Å². The van der Waals surface area contributed by atoms with E-state index in [0.717, 1.165) is 4.90 Å². The molecular formula is C11H10ClN3O3. The number of carbonyl (C=O) groups excluding carboxylic acids is 3. The third-order valence-corrected chi connectivity index (χ3v) is 2.71. The van der Waals surface area contributed by atoms with Crippen molar-refractivity contribution in [2.75, 3.05) is 18.8 Å². The van der Waals surface area contributed by atoms with Crippen LogP contribution in [0.1, 0.15) is 10.4 Å². The lowest BCUT2D eigenvalue weighted by atomic mass is 10.1. The van der Waals surface area contributed by atoms with Gasteiger partial charge in [0.1, 0.15) is 13.1 Å². The first-order valence-corrected chi connectivity index (χ1v) is 5.52. The molecule has 0 radical (unpaired) electrons. The molecule has 1 fully saturated rings. The van der Waals surface area contributed by atoms with Gasteiger partial charge in [-0.1, -0.05) is 11.6 Å². The van der Waals surface area contributed by atoms with Crippen molar-refractivity contribution >= 4 is 35.0 Å². The minimum Gasteiger partial charge on any atom is -0.398 e. The summed E-state index contributed by atoms with van der Waals surface area (Å²) in [6.45, 7) is -0.320. The first-order chi connectivity index (χ1) is 8.47. The van der Waals surface area contributed by atoms with Crippen LogP contribution in [0.3, 0.4) is 0 Å². The van der Waals surface area contributed by atoms with Crippen LogP contribution in [-0.2, 0) is 9.59 Å². The monoisotopic (exact) mass is 267 g/mol. The van der Waals surface area contributed by atoms with Crippen molar-refractivity contribution in [3.05, 3.63) is 28.8 Å². The van der Waals surface area contributed by atoms with Gasteiger partial charge >= 0.3 is 0 Å². The molecule has 3 amide bonds. The summed E-state index contributed by atoms with van der Waals surface area (Å²) in [6.07, 6.45) is 0. The van der Waals surface area contributed by atoms with Crippen LogP contribution in [0, 0.1) is 0 Å². The topological polar surface area (TPSA) is 92.5 Å². The fraction of sp³-hybridized carbons (Fsp3) is 0.182. The molecule has 1 saturated heterocycles. The minimum atomic E-state index is -0.507. The average molecular weight is 268 g/mol. The summed E-state index contributed by atoms with van der Waals surface area (Å²) in [6, 6.07) is 4.44. The van der Waals surface area contributed by atoms with E-state index in [-0.39, 0.29) is 24.3 Å². The lowest BCUT2D eigenvalue weighted by Crippen LogP contribution is -2.53. The van der Waals surface area contributed by atoms with Gasteiger partial charge in [-0.3, -0.25) is 19.7 Å². The Hall–Kier alpha value is -2.08. The van der Waals surface area contributed by atoms with Crippen molar-refractivity contribution in [3.8, 4) is 0 Å². The number of nitrogen functional groups attached to an aromatic ring is 1. The summed E-state index contributed by atoms with van der Waals surface area (Å²) in [5, 5.41) is 2.53. The zero-order valence-corrected chi connectivity index (χ0v) is 10.0. The Labute approximate surface area is 108 Å². The minimum absolute atomic E-state index is 0.160. The number of nitrogens with one attached hydrogen (secondary N) is 1. The molecule has 1 aromatic rings. The molecule has 1 aromatic carbocycles. The number of amides is 3. The van der Waals surface area contributed by atoms with E-state index in [1.54, 1.807) is 0 Å². The molecule has 0 atom stereocenters. The molecule has 0 saturated carbocycles. The van der Waals surface area contributed by atoms with Gasteiger partial charge < -0.3 is 10.6 Å². The molecule has 1 heterocycles. The first kappa shape index (κ1) is 12.4. The fourth-order valence-corrected chi connectivity index (χ4v) is 1.86. The summed E-state index contributed by atoms with van der Waals surface area (Å²) in [5.74, 6) is -1.48. The van der Waals surface area contributed by atoms with E-state index >= 15 is 0 Å². The van der Waals surface area contributed by atoms with Crippen molar-refractivity contribution in [2.45, 2.75) is 0 Å². The molecule has 0 spiro atoms. The predicted octanol–water partition coefficient (Wildman–Crippen LogP) is 0.0208. The lowest BCUT2D eigenvalue weighted by Gasteiger charge is -2.25. The van der Waals surface area contributed by atoms with E-state index < -0.39 is 17.7 Å². The van der Waals surface area contributed by atoms with Crippen molar-refractivity contribution < 1.29 is 14.4 Å². The van der Waals surface area contributed by atoms with Crippen LogP contribution in [-0.4, -0.2) is 35.7 Å². The molecule has 94 valence electrons. The third kappa shape index (κ3) is 2.43. The van der Waals surface area contributed by atoms with E-state index in [2.05, 4.69) is 5.32 Å². The van der Waals surface area contributed by atoms with Crippen molar-refractivity contribution in [2.24, 2.45) is 0 Å². The van der Waals surface area contributed by atoms with E-state index in [1.807, 2.05) is 0 Å². The quantitative estimate of drug-likeness (QED) is 0.554. The standard InChI is InChI=1S/C11H10ClN3O3/c12-6-1-2-7(8(13)3-6)11(18)15-4-9(16)14-10(17)5-15/h1-3H,4-5,13H2,(H,14,16,17). The Morgan fingerprint density at radius 2 is 1.89 bits per heavy atom. The average Bonchev–Trinajstić information content (AvgIpc) is 2.26. The highest BCUT2D eigenvalue weighted by Crippen LogP contribution is 2.19. The number of imide groups is 1. The molecule has 0 unspecified atom stereocenters. The van der Waals surface area contributed by atoms with Gasteiger partial charge in [0.25, 0.3) is 5.91 Å². The first-order valence-electron chi connectivity index (χ1n) is 5.14. The molecule has 7 heteroatoms. The highest BCUT2D eigenvalue weighted by atomic mass is 35.5. The van der Waals surface area contributed by atoms with Gasteiger partial charge in [0.15, 0.2) is 0 Å². The third-order valence-electron chi connectivity index (χ3n) is 2.48. The lowest BCUT2D eigenvalue weighted by molar-refractivity contribution is -0.135. The number of hydrogen-bond acceptors (Lipinski definition) is 4. The number of hydrogen-bond donors (Lipinski definition) is 2. The number of halogens is 1. The van der Waals surface area contributed by atoms with Crippen molar-refractivity contribution in [1.82, 2.24) is 10.2 Å². The number of rotatable bonds is 1. The van der Waals surface area contributed by atoms with E-state index in [9.17, 15) is 14.4 Å². The molecule has 0 aromatic heterocycles. The maximum absolute atomic E-state index is 12.1. The van der Waals surface area contributed by atoms with Crippen LogP contribution in [0.15, 0.2) is 18.2 Å². The Morgan fingerprint density at radius 3 is 2.44 bits per heavy atom. The number of benzene rings is 1. The van der Waals surface area contributed by atoms with E-state index in [1.165, 1.54) is 18.2 Å². The normalized spacial score (nSPS) is 15.5. The maximum Gasteiger partial charge on any atom is 0.256 e. The van der Waals surface area contributed by atoms with Gasteiger partial charge in [0.2, 0.25) is 11.8 Å². The second-order valence-electron chi connectivity index (χ2n) is 3.86. The van der Waals surface area contributed by atoms with Crippen LogP contribution < -0.4 is 11.1 Å². The molecule has 1 aliphatic heterocycles. The Bertz CT molecular complexity index is 528. The molecule has 2 rings (SSSR count). The summed E-state index contributed by atoms with van der Waals surface area (Å²) in [5.41, 5.74) is 6.12. The van der Waals surface area contributed by atoms with Gasteiger partial charge in [0.05, 0.1) is 5.56 Å². The van der Waals surface area contributed by atoms with Crippen LogP contribution >= 0.6 is 11.6 Å². The molecule has 0 bridgehead atoms. The summed E-state index contributed by atoms with van der Waals surface area (Å²) >= 11 is 5.73. The van der Waals surface area contributed by atoms with Crippen LogP contribution in [0.4, 0.5) is 5.69 Å². The number of carbonyl (C=O) groups is 3. The van der Waals surface area contributed by atoms with Gasteiger partial charge in [-0.05, 0) is 18.2 Å². The van der Waals surface area contributed by atoms with Crippen molar-refractivity contribution in [3.63, 3.8) is 0 Å². The Kier molecular flexibility index (Phi) is 3.20. The highest BCUT2D eigenvalue weighted by Gasteiger charge is 2.27. The second kappa shape index (κ2) is 4.66. The zero-order valence-electron chi connectivity index (χ0n) is 9.27. The number of anilines is 1. The molecule has 1 aliphatic rings. The SMILES string of the molecule is Nc1cc(Cl)ccc1C(=O)N1CC(=O)NC(=O)C1. The summed E-state index contributed by atoms with van der Waals surface area (Å²) in [4.78, 5) is 35.6. The van der Waals surface area contributed by atoms with Crippen molar-refractivity contribution in [1.29, 1.82) is 0 Å². The molecule has 3 N–H and O–H groups in total. The maximum atomic E-state index is 12.1. The smallest absolute Gasteiger partial charge is 0.256 e. The largest absolute Gasteiger partial charge is 0.398 e. The second-order valence-corrected chi connectivity index (χ2v) is 4.30. The van der Waals surface area contributed by atoms with Gasteiger partial charge in [0, 0.05) is 10.7 Å². The Morgan fingerprint density at radius 1 is 1.28 bits per heavy atom. The van der Waals surface area contributed by atoms with Gasteiger partial charge in [-0.25, -0.2) is 0 Å². The van der Waals surface area contributed by atoms with Gasteiger partial charge in [-0.2, -0.15) is 0 Å². The van der Waals surface area contributed by atoms with Crippen LogP contribution in [0.5, 0.6) is 0 Å². The molecular weight excluding hydrogens is 258 g/mol.